The van der Waals surface area contributed by atoms with Gasteiger partial charge in [-0.1, -0.05) is 20.4 Å². The van der Waals surface area contributed by atoms with E-state index in [1.165, 1.54) is 6.08 Å². The number of hydrogen-bond acceptors (Lipinski definition) is 8. The molecule has 0 fully saturated rings. The van der Waals surface area contributed by atoms with Gasteiger partial charge < -0.3 is 24.8 Å². The summed E-state index contributed by atoms with van der Waals surface area (Å²) in [6.07, 6.45) is 2.90. The Kier molecular flexibility index (Phi) is 7.21. The van der Waals surface area contributed by atoms with E-state index in [0.717, 1.165) is 12.2 Å². The van der Waals surface area contributed by atoms with Crippen LogP contribution in [0.3, 0.4) is 0 Å². The molecule has 0 spiro atoms. The fourth-order valence-electron chi connectivity index (χ4n) is 1.38. The number of carbonyl (C=O) groups is 4. The Bertz CT molecular complexity index is 605. The van der Waals surface area contributed by atoms with Crippen molar-refractivity contribution in [3.05, 3.63) is 36.3 Å². The highest BCUT2D eigenvalue weighted by atomic mass is 16.7. The lowest BCUT2D eigenvalue weighted by atomic mass is 10.2. The minimum absolute atomic E-state index is 0.198. The molecule has 9 heteroatoms. The molecule has 0 saturated carbocycles. The first-order valence-electron chi connectivity index (χ1n) is 6.93. The Morgan fingerprint density at radius 3 is 2.33 bits per heavy atom. The molecular weight excluding hydrogens is 320 g/mol. The van der Waals surface area contributed by atoms with Gasteiger partial charge >= 0.3 is 17.9 Å². The van der Waals surface area contributed by atoms with E-state index < -0.39 is 24.7 Å². The lowest BCUT2D eigenvalue weighted by Gasteiger charge is -2.17. The summed E-state index contributed by atoms with van der Waals surface area (Å²) in [6.45, 7) is 6.05. The zero-order valence-corrected chi connectivity index (χ0v) is 13.3. The second-order valence-electron chi connectivity index (χ2n) is 4.90. The van der Waals surface area contributed by atoms with Gasteiger partial charge in [-0.05, 0) is 0 Å². The predicted octanol–water partition coefficient (Wildman–Crippen LogP) is -0.140. The van der Waals surface area contributed by atoms with Gasteiger partial charge in [0.15, 0.2) is 0 Å². The molecule has 1 rings (SSSR count). The second kappa shape index (κ2) is 9.13. The van der Waals surface area contributed by atoms with Gasteiger partial charge in [0.05, 0.1) is 11.6 Å². The third-order valence-corrected chi connectivity index (χ3v) is 2.49. The molecular formula is C15H18N2O7. The Morgan fingerprint density at radius 1 is 1.12 bits per heavy atom. The maximum atomic E-state index is 11.4. The first kappa shape index (κ1) is 18.9. The molecule has 1 amide bonds. The highest BCUT2D eigenvalue weighted by Crippen LogP contribution is 2.00. The van der Waals surface area contributed by atoms with Gasteiger partial charge in [-0.3, -0.25) is 9.59 Å². The summed E-state index contributed by atoms with van der Waals surface area (Å²) in [7, 11) is 0. The lowest BCUT2D eigenvalue weighted by molar-refractivity contribution is -0.166. The molecule has 1 aliphatic heterocycles. The normalized spacial score (nSPS) is 13.9. The van der Waals surface area contributed by atoms with E-state index in [1.54, 1.807) is 13.8 Å². The van der Waals surface area contributed by atoms with Gasteiger partial charge in [0.1, 0.15) is 12.4 Å². The smallest absolute Gasteiger partial charge is 0.333 e. The molecule has 0 atom stereocenters. The summed E-state index contributed by atoms with van der Waals surface area (Å²) in [5.41, 5.74) is 0.341. The van der Waals surface area contributed by atoms with Crippen LogP contribution in [0, 0.1) is 5.92 Å². The molecule has 130 valence electrons. The monoisotopic (exact) mass is 338 g/mol. The summed E-state index contributed by atoms with van der Waals surface area (Å²) in [5.74, 6) is -2.65. The Morgan fingerprint density at radius 2 is 1.75 bits per heavy atom. The maximum Gasteiger partial charge on any atom is 0.333 e. The number of nitrogens with one attached hydrogen (secondary N) is 2. The van der Waals surface area contributed by atoms with Crippen molar-refractivity contribution in [2.45, 2.75) is 13.8 Å². The molecule has 0 unspecified atom stereocenters. The van der Waals surface area contributed by atoms with Crippen LogP contribution >= 0.6 is 0 Å². The van der Waals surface area contributed by atoms with Crippen molar-refractivity contribution in [2.24, 2.45) is 5.92 Å². The molecule has 0 radical (unpaired) electrons. The van der Waals surface area contributed by atoms with Crippen molar-refractivity contribution in [1.29, 1.82) is 0 Å². The van der Waals surface area contributed by atoms with Crippen molar-refractivity contribution in [1.82, 2.24) is 10.6 Å². The molecule has 0 saturated heterocycles. The number of hydrogen-bond donors (Lipinski definition) is 2. The molecule has 1 heterocycles. The molecule has 0 aromatic heterocycles. The minimum Gasteiger partial charge on any atom is -0.456 e. The van der Waals surface area contributed by atoms with Crippen molar-refractivity contribution >= 4 is 23.8 Å². The number of ether oxygens (including phenoxy) is 3. The number of rotatable bonds is 7. The topological polar surface area (TPSA) is 120 Å². The Balaban J connectivity index is 2.30. The van der Waals surface area contributed by atoms with Gasteiger partial charge in [-0.15, -0.1) is 0 Å². The first-order valence-corrected chi connectivity index (χ1v) is 6.93. The average Bonchev–Trinajstić information content (AvgIpc) is 2.49. The molecule has 0 aliphatic carbocycles. The molecule has 0 aromatic carbocycles. The maximum absolute atomic E-state index is 11.4. The van der Waals surface area contributed by atoms with Gasteiger partial charge in [0.2, 0.25) is 6.79 Å². The van der Waals surface area contributed by atoms with Gasteiger partial charge in [0.25, 0.3) is 5.91 Å². The summed E-state index contributed by atoms with van der Waals surface area (Å²) >= 11 is 0. The summed E-state index contributed by atoms with van der Waals surface area (Å²) in [5, 5.41) is 5.11. The molecule has 24 heavy (non-hydrogen) atoms. The zero-order chi connectivity index (χ0) is 18.1. The van der Waals surface area contributed by atoms with E-state index in [2.05, 4.69) is 26.7 Å². The minimum atomic E-state index is -0.869. The highest BCUT2D eigenvalue weighted by Gasteiger charge is 2.12. The number of amides is 1. The van der Waals surface area contributed by atoms with E-state index in [0.29, 0.717) is 5.70 Å². The van der Waals surface area contributed by atoms with Gasteiger partial charge in [0, 0.05) is 18.2 Å². The number of carbonyl (C=O) groups excluding carboxylic acids is 4. The van der Waals surface area contributed by atoms with Crippen LogP contribution in [0.25, 0.3) is 0 Å². The average molecular weight is 338 g/mol. The molecule has 9 nitrogen and oxygen atoms in total. The van der Waals surface area contributed by atoms with Crippen LogP contribution in [0.15, 0.2) is 36.3 Å². The van der Waals surface area contributed by atoms with Gasteiger partial charge in [-0.25, -0.2) is 9.59 Å². The van der Waals surface area contributed by atoms with Crippen LogP contribution in [0.2, 0.25) is 0 Å². The van der Waals surface area contributed by atoms with Crippen molar-refractivity contribution in [3.63, 3.8) is 0 Å². The van der Waals surface area contributed by atoms with E-state index in [-0.39, 0.29) is 24.3 Å². The third-order valence-electron chi connectivity index (χ3n) is 2.49. The van der Waals surface area contributed by atoms with Crippen molar-refractivity contribution in [2.75, 3.05) is 13.4 Å². The van der Waals surface area contributed by atoms with Gasteiger partial charge in [-0.2, -0.15) is 0 Å². The fraction of sp³-hybridized carbons (Fsp3) is 0.333. The second-order valence-corrected chi connectivity index (χ2v) is 4.90. The van der Waals surface area contributed by atoms with Crippen LogP contribution in [0.4, 0.5) is 0 Å². The molecule has 0 bridgehead atoms. The van der Waals surface area contributed by atoms with E-state index in [4.69, 9.17) is 4.74 Å². The quantitative estimate of drug-likeness (QED) is 0.374. The van der Waals surface area contributed by atoms with E-state index in [1.807, 2.05) is 0 Å². The first-order chi connectivity index (χ1) is 11.3. The van der Waals surface area contributed by atoms with Crippen LogP contribution < -0.4 is 10.6 Å². The zero-order valence-electron chi connectivity index (χ0n) is 13.3. The Labute approximate surface area is 138 Å². The van der Waals surface area contributed by atoms with Crippen LogP contribution in [0.1, 0.15) is 13.8 Å². The summed E-state index contributed by atoms with van der Waals surface area (Å²) in [4.78, 5) is 45.1. The highest BCUT2D eigenvalue weighted by molar-refractivity contribution is 5.92. The van der Waals surface area contributed by atoms with Crippen molar-refractivity contribution < 1.29 is 33.4 Å². The predicted molar refractivity (Wildman–Crippen MR) is 80.5 cm³/mol. The SMILES string of the molecule is C=C1NC(=O)C=C(COC(=O)/C=C/C(=O)OCOC(=O)C(C)C)N1. The van der Waals surface area contributed by atoms with Crippen LogP contribution in [-0.4, -0.2) is 37.2 Å². The summed E-state index contributed by atoms with van der Waals surface area (Å²) in [6, 6.07) is 0. The largest absolute Gasteiger partial charge is 0.456 e. The molecule has 1 aliphatic rings. The standard InChI is InChI=1S/C15H18N2O7/c1-9(2)15(21)24-8-23-14(20)5-4-13(19)22-7-11-6-12(18)17-10(3)16-11/h4-6,9,16H,3,7-8H2,1-2H3,(H,17,18)/b5-4+. The van der Waals surface area contributed by atoms with E-state index >= 15 is 0 Å². The molecule has 2 N–H and O–H groups in total. The molecule has 0 aromatic rings. The Hall–Kier alpha value is -3.10. The van der Waals surface area contributed by atoms with Crippen LogP contribution in [0.5, 0.6) is 0 Å². The van der Waals surface area contributed by atoms with Crippen molar-refractivity contribution in [3.8, 4) is 0 Å². The lowest BCUT2D eigenvalue weighted by Crippen LogP contribution is -2.36. The number of esters is 3. The fourth-order valence-corrected chi connectivity index (χ4v) is 1.38. The van der Waals surface area contributed by atoms with Crippen LogP contribution in [-0.2, 0) is 33.4 Å². The summed E-state index contributed by atoms with van der Waals surface area (Å²) < 4.78 is 14.0. The van der Waals surface area contributed by atoms with E-state index in [9.17, 15) is 19.2 Å². The third kappa shape index (κ3) is 7.25.